The molecule has 0 spiro atoms. The van der Waals surface area contributed by atoms with Gasteiger partial charge in [0.25, 0.3) is 0 Å². The minimum absolute atomic E-state index is 0.273. The summed E-state index contributed by atoms with van der Waals surface area (Å²) < 4.78 is 26.8. The molecular formula is C8H17NO4S. The molecular weight excluding hydrogens is 206 g/mol. The summed E-state index contributed by atoms with van der Waals surface area (Å²) in [5.74, 6) is -0.273. The minimum Gasteiger partial charge on any atom is -0.466 e. The van der Waals surface area contributed by atoms with E-state index < -0.39 is 10.9 Å². The van der Waals surface area contributed by atoms with Crippen LogP contribution < -0.4 is 0 Å². The smallest absolute Gasteiger partial charge is 0.302 e. The number of hydrogen-bond donors (Lipinski definition) is 1. The molecule has 0 aromatic heterocycles. The van der Waals surface area contributed by atoms with E-state index in [0.29, 0.717) is 13.2 Å². The van der Waals surface area contributed by atoms with E-state index in [-0.39, 0.29) is 5.97 Å². The van der Waals surface area contributed by atoms with Gasteiger partial charge in [-0.15, -0.1) is 0 Å². The lowest BCUT2D eigenvalue weighted by Crippen LogP contribution is -2.17. The van der Waals surface area contributed by atoms with E-state index in [1.54, 1.807) is 0 Å². The van der Waals surface area contributed by atoms with E-state index in [9.17, 15) is 13.2 Å². The maximum atomic E-state index is 10.4. The lowest BCUT2D eigenvalue weighted by molar-refractivity contribution is -0.141. The zero-order valence-corrected chi connectivity index (χ0v) is 9.46. The molecule has 0 bridgehead atoms. The van der Waals surface area contributed by atoms with Crippen molar-refractivity contribution in [2.45, 2.75) is 26.2 Å². The molecule has 0 fully saturated rings. The number of ether oxygens (including phenoxy) is 1. The second-order valence-corrected chi connectivity index (χ2v) is 4.18. The van der Waals surface area contributed by atoms with Crippen LogP contribution in [0.3, 0.4) is 0 Å². The topological polar surface area (TPSA) is 63.7 Å². The van der Waals surface area contributed by atoms with Gasteiger partial charge in [-0.05, 0) is 19.3 Å². The summed E-state index contributed by atoms with van der Waals surface area (Å²) in [6, 6.07) is 0. The van der Waals surface area contributed by atoms with Crippen LogP contribution in [0.2, 0.25) is 0 Å². The molecule has 5 nitrogen and oxygen atoms in total. The molecule has 0 aliphatic carbocycles. The summed E-state index contributed by atoms with van der Waals surface area (Å²) in [7, 11) is -0.909. The number of carbonyl (C=O) groups is 1. The minimum atomic E-state index is -2.45. The highest BCUT2D eigenvalue weighted by Gasteiger charge is 1.99. The van der Waals surface area contributed by atoms with Crippen molar-refractivity contribution >= 4 is 16.9 Å². The van der Waals surface area contributed by atoms with Crippen LogP contribution >= 0.6 is 0 Å². The highest BCUT2D eigenvalue weighted by atomic mass is 32.2. The monoisotopic (exact) mass is 223 g/mol. The standard InChI is InChI=1S/C8H17NO4S/c1-8(10)13-7-5-3-4-6-9(2)14(11)12/h14H,3-7H2,1-2H3. The predicted molar refractivity (Wildman–Crippen MR) is 53.4 cm³/mol. The summed E-state index contributed by atoms with van der Waals surface area (Å²) in [4.78, 5) is 10.4. The fourth-order valence-corrected chi connectivity index (χ4v) is 1.22. The Hall–Kier alpha value is -0.620. The second kappa shape index (κ2) is 7.75. The van der Waals surface area contributed by atoms with Gasteiger partial charge in [0.1, 0.15) is 0 Å². The lowest BCUT2D eigenvalue weighted by atomic mass is 10.2. The van der Waals surface area contributed by atoms with Gasteiger partial charge in [-0.1, -0.05) is 0 Å². The normalized spacial score (nSPS) is 10.9. The van der Waals surface area contributed by atoms with Crippen molar-refractivity contribution in [3.63, 3.8) is 0 Å². The van der Waals surface area contributed by atoms with E-state index in [2.05, 4.69) is 0 Å². The first kappa shape index (κ1) is 13.4. The van der Waals surface area contributed by atoms with Gasteiger partial charge in [0.05, 0.1) is 6.61 Å². The molecule has 14 heavy (non-hydrogen) atoms. The van der Waals surface area contributed by atoms with Crippen molar-refractivity contribution in [3.8, 4) is 0 Å². The van der Waals surface area contributed by atoms with E-state index in [0.717, 1.165) is 19.3 Å². The average Bonchev–Trinajstić information content (AvgIpc) is 2.09. The molecule has 0 amide bonds. The molecule has 0 aromatic rings. The number of rotatable bonds is 7. The number of unbranched alkanes of at least 4 members (excludes halogenated alkanes) is 2. The Labute approximate surface area is 86.1 Å². The van der Waals surface area contributed by atoms with Crippen molar-refractivity contribution in [1.29, 1.82) is 0 Å². The van der Waals surface area contributed by atoms with Crippen LogP contribution in [-0.2, 0) is 20.4 Å². The van der Waals surface area contributed by atoms with Gasteiger partial charge in [-0.25, -0.2) is 12.7 Å². The lowest BCUT2D eigenvalue weighted by Gasteiger charge is -2.07. The molecule has 0 atom stereocenters. The van der Waals surface area contributed by atoms with Crippen molar-refractivity contribution in [1.82, 2.24) is 4.31 Å². The maximum absolute atomic E-state index is 10.4. The van der Waals surface area contributed by atoms with Crippen molar-refractivity contribution in [2.24, 2.45) is 0 Å². The highest BCUT2D eigenvalue weighted by Crippen LogP contribution is 1.98. The molecule has 0 saturated carbocycles. The second-order valence-electron chi connectivity index (χ2n) is 3.02. The number of nitrogens with zero attached hydrogens (tertiary/aromatic N) is 1. The molecule has 0 aromatic carbocycles. The number of carbonyl (C=O) groups excluding carboxylic acids is 1. The first-order chi connectivity index (χ1) is 6.54. The fourth-order valence-electron chi connectivity index (χ4n) is 0.917. The number of hydrogen-bond acceptors (Lipinski definition) is 4. The summed E-state index contributed by atoms with van der Waals surface area (Å²) in [6.07, 6.45) is 2.44. The molecule has 0 rings (SSSR count). The quantitative estimate of drug-likeness (QED) is 0.380. The van der Waals surface area contributed by atoms with Gasteiger partial charge >= 0.3 is 5.97 Å². The zero-order valence-electron chi connectivity index (χ0n) is 8.56. The molecule has 0 heterocycles. The van der Waals surface area contributed by atoms with Crippen molar-refractivity contribution in [3.05, 3.63) is 0 Å². The molecule has 0 saturated heterocycles. The first-order valence-corrected chi connectivity index (χ1v) is 5.66. The van der Waals surface area contributed by atoms with E-state index in [1.165, 1.54) is 18.3 Å². The van der Waals surface area contributed by atoms with E-state index >= 15 is 0 Å². The third-order valence-corrected chi connectivity index (χ3v) is 2.47. The van der Waals surface area contributed by atoms with Crippen LogP contribution in [0.4, 0.5) is 0 Å². The fraction of sp³-hybridized carbons (Fsp3) is 0.875. The number of esters is 1. The highest BCUT2D eigenvalue weighted by molar-refractivity contribution is 7.69. The van der Waals surface area contributed by atoms with Gasteiger partial charge in [0.15, 0.2) is 0 Å². The predicted octanol–water partition coefficient (Wildman–Crippen LogP) is 0.178. The zero-order chi connectivity index (χ0) is 11.0. The summed E-state index contributed by atoms with van der Waals surface area (Å²) in [5.41, 5.74) is 0. The summed E-state index contributed by atoms with van der Waals surface area (Å²) in [5, 5.41) is 0. The van der Waals surface area contributed by atoms with Crippen LogP contribution in [0, 0.1) is 0 Å². The Kier molecular flexibility index (Phi) is 7.41. The molecule has 0 N–H and O–H groups in total. The van der Waals surface area contributed by atoms with Gasteiger partial charge in [0, 0.05) is 20.5 Å². The van der Waals surface area contributed by atoms with Crippen LogP contribution in [0.25, 0.3) is 0 Å². The maximum Gasteiger partial charge on any atom is 0.302 e. The largest absolute Gasteiger partial charge is 0.466 e. The Morgan fingerprint density at radius 1 is 1.29 bits per heavy atom. The molecule has 6 heteroatoms. The van der Waals surface area contributed by atoms with Crippen LogP contribution in [-0.4, -0.2) is 38.9 Å². The Morgan fingerprint density at radius 2 is 1.93 bits per heavy atom. The third-order valence-electron chi connectivity index (χ3n) is 1.71. The molecule has 0 unspecified atom stereocenters. The van der Waals surface area contributed by atoms with Crippen LogP contribution in [0.5, 0.6) is 0 Å². The SMILES string of the molecule is CC(=O)OCCCCCN(C)[SH](=O)=O. The molecule has 0 aliphatic rings. The van der Waals surface area contributed by atoms with Gasteiger partial charge in [-0.2, -0.15) is 0 Å². The number of thiol groups is 1. The summed E-state index contributed by atoms with van der Waals surface area (Å²) >= 11 is 0. The Balaban J connectivity index is 3.25. The molecule has 84 valence electrons. The first-order valence-electron chi connectivity index (χ1n) is 4.53. The Morgan fingerprint density at radius 3 is 2.43 bits per heavy atom. The summed E-state index contributed by atoms with van der Waals surface area (Å²) in [6.45, 7) is 2.32. The van der Waals surface area contributed by atoms with Crippen LogP contribution in [0.15, 0.2) is 0 Å². The molecule has 0 aliphatic heterocycles. The van der Waals surface area contributed by atoms with E-state index in [1.807, 2.05) is 0 Å². The van der Waals surface area contributed by atoms with Gasteiger partial charge in [-0.3, -0.25) is 4.79 Å². The van der Waals surface area contributed by atoms with Crippen molar-refractivity contribution < 1.29 is 17.9 Å². The van der Waals surface area contributed by atoms with E-state index in [4.69, 9.17) is 4.74 Å². The van der Waals surface area contributed by atoms with Gasteiger partial charge < -0.3 is 4.74 Å². The van der Waals surface area contributed by atoms with Gasteiger partial charge in [0.2, 0.25) is 10.9 Å². The molecule has 0 radical (unpaired) electrons. The van der Waals surface area contributed by atoms with Crippen molar-refractivity contribution in [2.75, 3.05) is 20.2 Å². The average molecular weight is 223 g/mol. The third kappa shape index (κ3) is 8.00. The van der Waals surface area contributed by atoms with Crippen LogP contribution in [0.1, 0.15) is 26.2 Å². The Bertz CT molecular complexity index is 231.